The molecule has 0 saturated heterocycles. The van der Waals surface area contributed by atoms with E-state index in [1.165, 1.54) is 5.56 Å². The minimum Gasteiger partial charge on any atom is -0.334 e. The number of rotatable bonds is 6. The monoisotopic (exact) mass is 387 g/mol. The van der Waals surface area contributed by atoms with E-state index in [0.29, 0.717) is 18.1 Å². The molecule has 2 heterocycles. The summed E-state index contributed by atoms with van der Waals surface area (Å²) in [6.45, 7) is 6.28. The zero-order valence-electron chi connectivity index (χ0n) is 17.2. The zero-order chi connectivity index (χ0) is 20.4. The summed E-state index contributed by atoms with van der Waals surface area (Å²) in [7, 11) is 1.92. The fourth-order valence-corrected chi connectivity index (χ4v) is 3.34. The van der Waals surface area contributed by atoms with Crippen LogP contribution in [0, 0.1) is 13.8 Å². The molecule has 6 nitrogen and oxygen atoms in total. The van der Waals surface area contributed by atoms with Crippen molar-refractivity contribution in [3.63, 3.8) is 0 Å². The van der Waals surface area contributed by atoms with Crippen molar-refractivity contribution in [2.75, 3.05) is 7.05 Å². The highest BCUT2D eigenvalue weighted by atomic mass is 16.5. The van der Waals surface area contributed by atoms with Crippen LogP contribution >= 0.6 is 0 Å². The summed E-state index contributed by atoms with van der Waals surface area (Å²) in [4.78, 5) is 4.64. The van der Waals surface area contributed by atoms with Crippen LogP contribution in [0.1, 0.15) is 23.9 Å². The molecule has 0 radical (unpaired) electrons. The van der Waals surface area contributed by atoms with Crippen molar-refractivity contribution in [3.05, 3.63) is 71.7 Å². The van der Waals surface area contributed by atoms with Crippen LogP contribution in [0.25, 0.3) is 28.4 Å². The molecule has 1 N–H and O–H groups in total. The molecule has 148 valence electrons. The van der Waals surface area contributed by atoms with E-state index in [0.717, 1.165) is 28.1 Å². The van der Waals surface area contributed by atoms with Crippen LogP contribution in [0.15, 0.2) is 59.3 Å². The Morgan fingerprint density at radius 1 is 1.07 bits per heavy atom. The van der Waals surface area contributed by atoms with E-state index in [-0.39, 0.29) is 6.04 Å². The van der Waals surface area contributed by atoms with Gasteiger partial charge in [-0.25, -0.2) is 4.68 Å². The Bertz CT molecular complexity index is 1110. The summed E-state index contributed by atoms with van der Waals surface area (Å²) in [5, 5.41) is 12.3. The van der Waals surface area contributed by atoms with Gasteiger partial charge in [0.05, 0.1) is 11.3 Å². The van der Waals surface area contributed by atoms with E-state index >= 15 is 0 Å². The molecular weight excluding hydrogens is 362 g/mol. The van der Waals surface area contributed by atoms with Gasteiger partial charge in [-0.2, -0.15) is 10.1 Å². The smallest absolute Gasteiger partial charge is 0.261 e. The van der Waals surface area contributed by atoms with Crippen molar-refractivity contribution in [3.8, 4) is 28.4 Å². The Labute approximate surface area is 170 Å². The van der Waals surface area contributed by atoms with Gasteiger partial charge in [0.2, 0.25) is 0 Å². The second-order valence-electron chi connectivity index (χ2n) is 7.40. The molecule has 4 aromatic rings. The van der Waals surface area contributed by atoms with Crippen molar-refractivity contribution >= 4 is 0 Å². The molecule has 2 aromatic carbocycles. The highest BCUT2D eigenvalue weighted by molar-refractivity contribution is 5.78. The fourth-order valence-electron chi connectivity index (χ4n) is 3.34. The summed E-state index contributed by atoms with van der Waals surface area (Å²) in [6, 6.07) is 16.7. The second-order valence-corrected chi connectivity index (χ2v) is 7.40. The van der Waals surface area contributed by atoms with Gasteiger partial charge in [0.25, 0.3) is 5.89 Å². The minimum atomic E-state index is 0.270. The minimum absolute atomic E-state index is 0.270. The predicted octanol–water partition coefficient (Wildman–Crippen LogP) is 4.36. The maximum atomic E-state index is 5.63. The first kappa shape index (κ1) is 19.1. The first-order valence-corrected chi connectivity index (χ1v) is 9.78. The summed E-state index contributed by atoms with van der Waals surface area (Å²) in [5.74, 6) is 1.17. The number of nitrogens with zero attached hydrogens (tertiary/aromatic N) is 4. The first-order chi connectivity index (χ1) is 14.0. The van der Waals surface area contributed by atoms with E-state index in [1.54, 1.807) is 0 Å². The van der Waals surface area contributed by atoms with Crippen LogP contribution in [0.4, 0.5) is 0 Å². The molecule has 0 aliphatic heterocycles. The average molecular weight is 387 g/mol. The van der Waals surface area contributed by atoms with Crippen LogP contribution in [-0.2, 0) is 6.42 Å². The fraction of sp³-hybridized carbons (Fsp3) is 0.261. The van der Waals surface area contributed by atoms with Crippen molar-refractivity contribution in [1.29, 1.82) is 0 Å². The molecule has 0 spiro atoms. The molecule has 4 rings (SSSR count). The quantitative estimate of drug-likeness (QED) is 0.532. The third kappa shape index (κ3) is 3.98. The summed E-state index contributed by atoms with van der Waals surface area (Å²) >= 11 is 0. The third-order valence-corrected chi connectivity index (χ3v) is 5.05. The summed E-state index contributed by atoms with van der Waals surface area (Å²) < 4.78 is 7.49. The van der Waals surface area contributed by atoms with Gasteiger partial charge < -0.3 is 9.84 Å². The van der Waals surface area contributed by atoms with Crippen molar-refractivity contribution in [1.82, 2.24) is 25.2 Å². The van der Waals surface area contributed by atoms with Gasteiger partial charge in [-0.3, -0.25) is 0 Å². The summed E-state index contributed by atoms with van der Waals surface area (Å²) in [6.07, 6.45) is 2.66. The summed E-state index contributed by atoms with van der Waals surface area (Å²) in [5.41, 5.74) is 6.08. The van der Waals surface area contributed by atoms with Crippen molar-refractivity contribution < 1.29 is 4.52 Å². The molecular formula is C23H25N5O. The molecule has 2 aromatic heterocycles. The van der Waals surface area contributed by atoms with Crippen LogP contribution in [0.5, 0.6) is 0 Å². The number of aryl methyl sites for hydroxylation is 2. The molecule has 0 saturated carbocycles. The molecule has 0 aliphatic rings. The Kier molecular flexibility index (Phi) is 5.27. The average Bonchev–Trinajstić information content (AvgIpc) is 3.35. The third-order valence-electron chi connectivity index (χ3n) is 5.05. The maximum absolute atomic E-state index is 5.63. The largest absolute Gasteiger partial charge is 0.334 e. The normalized spacial score (nSPS) is 12.3. The Morgan fingerprint density at radius 3 is 2.59 bits per heavy atom. The number of aromatic nitrogens is 4. The Balaban J connectivity index is 1.82. The highest BCUT2D eigenvalue weighted by Gasteiger charge is 2.21. The molecule has 1 atom stereocenters. The van der Waals surface area contributed by atoms with Crippen molar-refractivity contribution in [2.24, 2.45) is 0 Å². The van der Waals surface area contributed by atoms with E-state index < -0.39 is 0 Å². The SMILES string of the molecule is CNC(C)Cc1noc(-c2cn(-c3ccccc3)nc2-c2ccc(C)cc2C)n1. The van der Waals surface area contributed by atoms with Gasteiger partial charge in [0.15, 0.2) is 5.82 Å². The van der Waals surface area contributed by atoms with Gasteiger partial charge in [0.1, 0.15) is 5.69 Å². The van der Waals surface area contributed by atoms with Gasteiger partial charge >= 0.3 is 0 Å². The molecule has 0 amide bonds. The molecule has 1 unspecified atom stereocenters. The molecule has 29 heavy (non-hydrogen) atoms. The van der Waals surface area contributed by atoms with Gasteiger partial charge in [-0.1, -0.05) is 47.1 Å². The Morgan fingerprint density at radius 2 is 1.86 bits per heavy atom. The standard InChI is InChI=1S/C23H25N5O/c1-15-10-11-19(16(2)12-15)22-20(14-28(26-22)18-8-6-5-7-9-18)23-25-21(27-29-23)13-17(3)24-4/h5-12,14,17,24H,13H2,1-4H3. The van der Waals surface area contributed by atoms with Crippen LogP contribution in [-0.4, -0.2) is 33.0 Å². The van der Waals surface area contributed by atoms with Crippen molar-refractivity contribution in [2.45, 2.75) is 33.2 Å². The van der Waals surface area contributed by atoms with Gasteiger partial charge in [-0.05, 0) is 45.5 Å². The highest BCUT2D eigenvalue weighted by Crippen LogP contribution is 2.33. The predicted molar refractivity (Wildman–Crippen MR) is 114 cm³/mol. The van der Waals surface area contributed by atoms with Gasteiger partial charge in [0, 0.05) is 24.2 Å². The maximum Gasteiger partial charge on any atom is 0.261 e. The topological polar surface area (TPSA) is 68.8 Å². The van der Waals surface area contributed by atoms with E-state index in [1.807, 2.05) is 48.3 Å². The number of para-hydroxylation sites is 1. The van der Waals surface area contributed by atoms with E-state index in [9.17, 15) is 0 Å². The molecule has 0 aliphatic carbocycles. The van der Waals surface area contributed by atoms with Crippen LogP contribution < -0.4 is 5.32 Å². The number of hydrogen-bond acceptors (Lipinski definition) is 5. The van der Waals surface area contributed by atoms with E-state index in [2.05, 4.69) is 54.4 Å². The first-order valence-electron chi connectivity index (χ1n) is 9.78. The van der Waals surface area contributed by atoms with Gasteiger partial charge in [-0.15, -0.1) is 0 Å². The lowest BCUT2D eigenvalue weighted by molar-refractivity contribution is 0.418. The zero-order valence-corrected chi connectivity index (χ0v) is 17.2. The molecule has 6 heteroatoms. The van der Waals surface area contributed by atoms with Crippen LogP contribution in [0.2, 0.25) is 0 Å². The molecule has 0 bridgehead atoms. The lowest BCUT2D eigenvalue weighted by atomic mass is 10.0. The van der Waals surface area contributed by atoms with E-state index in [4.69, 9.17) is 9.62 Å². The lowest BCUT2D eigenvalue weighted by Crippen LogP contribution is -2.24. The number of benzene rings is 2. The number of likely N-dealkylation sites (N-methyl/N-ethyl adjacent to an activating group) is 1. The van der Waals surface area contributed by atoms with Crippen LogP contribution in [0.3, 0.4) is 0 Å². The lowest BCUT2D eigenvalue weighted by Gasteiger charge is -2.06. The molecule has 0 fully saturated rings. The number of nitrogens with one attached hydrogen (secondary N) is 1. The second kappa shape index (κ2) is 8.01. The Hall–Kier alpha value is -3.25. The number of hydrogen-bond donors (Lipinski definition) is 1.